The third-order valence-corrected chi connectivity index (χ3v) is 3.81. The summed E-state index contributed by atoms with van der Waals surface area (Å²) in [6.45, 7) is 0. The number of hydrogen-bond acceptors (Lipinski definition) is 1. The molecule has 1 aliphatic rings. The van der Waals surface area contributed by atoms with E-state index in [0.29, 0.717) is 11.6 Å². The molecule has 0 heterocycles. The van der Waals surface area contributed by atoms with E-state index in [4.69, 9.17) is 0 Å². The second-order valence-electron chi connectivity index (χ2n) is 5.57. The molecule has 1 aromatic carbocycles. The maximum absolute atomic E-state index is 12.7. The summed E-state index contributed by atoms with van der Waals surface area (Å²) < 4.78 is 38.2. The summed E-state index contributed by atoms with van der Waals surface area (Å²) in [7, 11) is 4.05. The molecule has 1 fully saturated rings. The summed E-state index contributed by atoms with van der Waals surface area (Å²) in [5.41, 5.74) is 1.30. The molecule has 20 heavy (non-hydrogen) atoms. The molecule has 2 rings (SSSR count). The van der Waals surface area contributed by atoms with E-state index in [1.807, 2.05) is 20.2 Å². The molecular formula is C16H20F3N. The van der Waals surface area contributed by atoms with Crippen molar-refractivity contribution in [3.05, 3.63) is 41.0 Å². The van der Waals surface area contributed by atoms with Gasteiger partial charge in [0.05, 0.1) is 5.56 Å². The van der Waals surface area contributed by atoms with Crippen molar-refractivity contribution in [2.75, 3.05) is 14.1 Å². The highest BCUT2D eigenvalue weighted by molar-refractivity contribution is 5.55. The predicted molar refractivity (Wildman–Crippen MR) is 75.4 cm³/mol. The van der Waals surface area contributed by atoms with Crippen molar-refractivity contribution in [1.82, 2.24) is 4.90 Å². The molecule has 0 aliphatic heterocycles. The Bertz CT molecular complexity index is 489. The molecule has 1 atom stereocenters. The lowest BCUT2D eigenvalue weighted by molar-refractivity contribution is -0.137. The van der Waals surface area contributed by atoms with Gasteiger partial charge < -0.3 is 4.90 Å². The van der Waals surface area contributed by atoms with E-state index >= 15 is 0 Å². The molecular weight excluding hydrogens is 263 g/mol. The first kappa shape index (κ1) is 15.1. The van der Waals surface area contributed by atoms with Gasteiger partial charge in [0.25, 0.3) is 0 Å². The minimum atomic E-state index is -4.28. The molecule has 0 N–H and O–H groups in total. The standard InChI is InChI=1S/C16H20F3N/c1-20(2)15-9-4-3-7-13(15)10-12-6-5-8-14(11-12)16(17,18)19/h5-6,8,10-11,15H,3-4,7,9H2,1-2H3/b13-10+. The van der Waals surface area contributed by atoms with Crippen LogP contribution in [0.5, 0.6) is 0 Å². The van der Waals surface area contributed by atoms with Crippen LogP contribution >= 0.6 is 0 Å². The monoisotopic (exact) mass is 283 g/mol. The SMILES string of the molecule is CN(C)C1CCCC/C1=C\c1cccc(C(F)(F)F)c1. The quantitative estimate of drug-likeness (QED) is 0.767. The average molecular weight is 283 g/mol. The fraction of sp³-hybridized carbons (Fsp3) is 0.500. The zero-order valence-electron chi connectivity index (χ0n) is 11.9. The average Bonchev–Trinajstić information content (AvgIpc) is 2.38. The predicted octanol–water partition coefficient (Wildman–Crippen LogP) is 4.59. The van der Waals surface area contributed by atoms with E-state index < -0.39 is 11.7 Å². The first-order valence-electron chi connectivity index (χ1n) is 6.92. The van der Waals surface area contributed by atoms with Gasteiger partial charge in [-0.1, -0.05) is 30.2 Å². The van der Waals surface area contributed by atoms with E-state index in [2.05, 4.69) is 4.90 Å². The van der Waals surface area contributed by atoms with Crippen LogP contribution in [-0.2, 0) is 6.18 Å². The summed E-state index contributed by atoms with van der Waals surface area (Å²) in [4.78, 5) is 2.15. The van der Waals surface area contributed by atoms with E-state index in [1.165, 1.54) is 24.1 Å². The summed E-state index contributed by atoms with van der Waals surface area (Å²) in [5.74, 6) is 0. The highest BCUT2D eigenvalue weighted by Gasteiger charge is 2.30. The molecule has 0 amide bonds. The Kier molecular flexibility index (Phi) is 4.53. The van der Waals surface area contributed by atoms with Crippen molar-refractivity contribution < 1.29 is 13.2 Å². The molecule has 4 heteroatoms. The molecule has 0 radical (unpaired) electrons. The third-order valence-electron chi connectivity index (χ3n) is 3.81. The maximum atomic E-state index is 12.7. The van der Waals surface area contributed by atoms with Crippen LogP contribution < -0.4 is 0 Å². The number of hydrogen-bond donors (Lipinski definition) is 0. The maximum Gasteiger partial charge on any atom is 0.416 e. The minimum absolute atomic E-state index is 0.346. The second-order valence-corrected chi connectivity index (χ2v) is 5.57. The van der Waals surface area contributed by atoms with Crippen molar-refractivity contribution >= 4 is 6.08 Å². The molecule has 1 aliphatic carbocycles. The topological polar surface area (TPSA) is 3.24 Å². The Morgan fingerprint density at radius 1 is 1.20 bits per heavy atom. The van der Waals surface area contributed by atoms with Crippen LogP contribution in [-0.4, -0.2) is 25.0 Å². The van der Waals surface area contributed by atoms with Crippen LogP contribution in [0.2, 0.25) is 0 Å². The summed E-state index contributed by atoms with van der Waals surface area (Å²) in [5, 5.41) is 0. The van der Waals surface area contributed by atoms with Gasteiger partial charge in [-0.15, -0.1) is 0 Å². The fourth-order valence-electron chi connectivity index (χ4n) is 2.80. The number of rotatable bonds is 2. The Balaban J connectivity index is 2.29. The lowest BCUT2D eigenvalue weighted by Crippen LogP contribution is -2.31. The van der Waals surface area contributed by atoms with Gasteiger partial charge in [-0.25, -0.2) is 0 Å². The third kappa shape index (κ3) is 3.63. The van der Waals surface area contributed by atoms with E-state index in [-0.39, 0.29) is 0 Å². The van der Waals surface area contributed by atoms with Gasteiger partial charge in [0, 0.05) is 6.04 Å². The second kappa shape index (κ2) is 6.00. The van der Waals surface area contributed by atoms with Gasteiger partial charge in [-0.3, -0.25) is 0 Å². The highest BCUT2D eigenvalue weighted by Crippen LogP contribution is 2.32. The Hall–Kier alpha value is -1.29. The van der Waals surface area contributed by atoms with Gasteiger partial charge >= 0.3 is 6.18 Å². The number of benzene rings is 1. The normalized spacial score (nSPS) is 22.5. The molecule has 0 spiro atoms. The Labute approximate surface area is 118 Å². The highest BCUT2D eigenvalue weighted by atomic mass is 19.4. The van der Waals surface area contributed by atoms with Crippen LogP contribution in [0, 0.1) is 0 Å². The van der Waals surface area contributed by atoms with E-state index in [0.717, 1.165) is 25.3 Å². The zero-order valence-corrected chi connectivity index (χ0v) is 11.9. The van der Waals surface area contributed by atoms with E-state index in [1.54, 1.807) is 6.07 Å². The zero-order chi connectivity index (χ0) is 14.8. The van der Waals surface area contributed by atoms with Crippen molar-refractivity contribution in [3.63, 3.8) is 0 Å². The van der Waals surface area contributed by atoms with Gasteiger partial charge in [-0.05, 0) is 51.1 Å². The van der Waals surface area contributed by atoms with Gasteiger partial charge in [0.15, 0.2) is 0 Å². The minimum Gasteiger partial charge on any atom is -0.303 e. The molecule has 1 aromatic rings. The van der Waals surface area contributed by atoms with Crippen LogP contribution in [0.4, 0.5) is 13.2 Å². The Morgan fingerprint density at radius 3 is 2.60 bits per heavy atom. The molecule has 110 valence electrons. The Morgan fingerprint density at radius 2 is 1.95 bits per heavy atom. The number of alkyl halides is 3. The van der Waals surface area contributed by atoms with Gasteiger partial charge in [-0.2, -0.15) is 13.2 Å². The molecule has 1 nitrogen and oxygen atoms in total. The summed E-state index contributed by atoms with van der Waals surface area (Å²) >= 11 is 0. The van der Waals surface area contributed by atoms with Crippen molar-refractivity contribution in [1.29, 1.82) is 0 Å². The summed E-state index contributed by atoms with van der Waals surface area (Å²) in [6.07, 6.45) is 2.01. The molecule has 1 unspecified atom stereocenters. The molecule has 0 aromatic heterocycles. The van der Waals surface area contributed by atoms with Crippen LogP contribution in [0.15, 0.2) is 29.8 Å². The number of halogens is 3. The van der Waals surface area contributed by atoms with Crippen LogP contribution in [0.3, 0.4) is 0 Å². The largest absolute Gasteiger partial charge is 0.416 e. The van der Waals surface area contributed by atoms with Crippen molar-refractivity contribution in [3.8, 4) is 0 Å². The molecule has 0 bridgehead atoms. The number of nitrogens with zero attached hydrogens (tertiary/aromatic N) is 1. The van der Waals surface area contributed by atoms with Crippen LogP contribution in [0.25, 0.3) is 6.08 Å². The summed E-state index contributed by atoms with van der Waals surface area (Å²) in [6, 6.07) is 5.91. The molecule has 0 saturated heterocycles. The van der Waals surface area contributed by atoms with Crippen molar-refractivity contribution in [2.24, 2.45) is 0 Å². The van der Waals surface area contributed by atoms with Gasteiger partial charge in [0.1, 0.15) is 0 Å². The molecule has 1 saturated carbocycles. The van der Waals surface area contributed by atoms with E-state index in [9.17, 15) is 13.2 Å². The lowest BCUT2D eigenvalue weighted by atomic mass is 9.88. The lowest BCUT2D eigenvalue weighted by Gasteiger charge is -2.31. The van der Waals surface area contributed by atoms with Gasteiger partial charge in [0.2, 0.25) is 0 Å². The van der Waals surface area contributed by atoms with Crippen molar-refractivity contribution in [2.45, 2.75) is 37.9 Å². The first-order chi connectivity index (χ1) is 9.38. The smallest absolute Gasteiger partial charge is 0.303 e. The fourth-order valence-corrected chi connectivity index (χ4v) is 2.80. The number of likely N-dealkylation sites (N-methyl/N-ethyl adjacent to an activating group) is 1. The first-order valence-corrected chi connectivity index (χ1v) is 6.92. The van der Waals surface area contributed by atoms with Crippen LogP contribution in [0.1, 0.15) is 36.8 Å².